The van der Waals surface area contributed by atoms with Crippen molar-refractivity contribution in [3.63, 3.8) is 0 Å². The zero-order chi connectivity index (χ0) is 21.8. The number of hydrogen-bond acceptors (Lipinski definition) is 8. The number of methoxy groups -OCH3 is 3. The van der Waals surface area contributed by atoms with E-state index < -0.39 is 11.2 Å². The Bertz CT molecular complexity index is 1000. The molecule has 162 valence electrons. The summed E-state index contributed by atoms with van der Waals surface area (Å²) in [6.45, 7) is 3.21. The van der Waals surface area contributed by atoms with E-state index in [1.807, 2.05) is 0 Å². The van der Waals surface area contributed by atoms with Crippen LogP contribution < -0.4 is 23.7 Å². The van der Waals surface area contributed by atoms with Crippen LogP contribution in [0.25, 0.3) is 11.1 Å². The van der Waals surface area contributed by atoms with Crippen molar-refractivity contribution in [1.82, 2.24) is 0 Å². The Morgan fingerprint density at radius 1 is 0.833 bits per heavy atom. The fourth-order valence-corrected chi connectivity index (χ4v) is 4.24. The summed E-state index contributed by atoms with van der Waals surface area (Å²) in [4.78, 5) is 0. The molecule has 0 saturated heterocycles. The highest BCUT2D eigenvalue weighted by atomic mass is 16.7. The molecule has 0 aromatic heterocycles. The lowest BCUT2D eigenvalue weighted by Crippen LogP contribution is -2.53. The Hall–Kier alpha value is -2.84. The van der Waals surface area contributed by atoms with E-state index in [2.05, 4.69) is 0 Å². The van der Waals surface area contributed by atoms with Gasteiger partial charge in [0.15, 0.2) is 23.0 Å². The van der Waals surface area contributed by atoms with Crippen LogP contribution in [0.5, 0.6) is 34.5 Å². The molecule has 1 aliphatic carbocycles. The van der Waals surface area contributed by atoms with E-state index in [-0.39, 0.29) is 36.9 Å². The number of aliphatic hydroxyl groups is 2. The van der Waals surface area contributed by atoms with Crippen LogP contribution in [0.3, 0.4) is 0 Å². The average Bonchev–Trinajstić information content (AvgIpc) is 3.14. The van der Waals surface area contributed by atoms with Crippen molar-refractivity contribution in [1.29, 1.82) is 0 Å². The lowest BCUT2D eigenvalue weighted by Gasteiger charge is -2.41. The molecule has 8 nitrogen and oxygen atoms in total. The van der Waals surface area contributed by atoms with Crippen molar-refractivity contribution in [2.75, 3.05) is 28.1 Å². The molecule has 2 aliphatic rings. The van der Waals surface area contributed by atoms with Crippen LogP contribution >= 0.6 is 0 Å². The van der Waals surface area contributed by atoms with E-state index >= 15 is 0 Å². The molecule has 0 saturated carbocycles. The second-order valence-electron chi connectivity index (χ2n) is 8.07. The first-order valence-corrected chi connectivity index (χ1v) is 9.56. The second kappa shape index (κ2) is 6.85. The summed E-state index contributed by atoms with van der Waals surface area (Å²) in [5, 5.41) is 33.2. The van der Waals surface area contributed by atoms with Gasteiger partial charge in [0.05, 0.1) is 32.5 Å². The first-order chi connectivity index (χ1) is 14.1. The topological polar surface area (TPSA) is 107 Å². The smallest absolute Gasteiger partial charge is 0.231 e. The number of phenolic OH excluding ortho intramolecular Hbond substituents is 1. The summed E-state index contributed by atoms with van der Waals surface area (Å²) in [6.07, 6.45) is 0.192. The number of phenols is 1. The minimum Gasteiger partial charge on any atom is -0.502 e. The maximum atomic E-state index is 11.2. The summed E-state index contributed by atoms with van der Waals surface area (Å²) in [5.41, 5.74) is -0.554. The first kappa shape index (κ1) is 20.4. The summed E-state index contributed by atoms with van der Waals surface area (Å²) in [6, 6.07) is 3.40. The van der Waals surface area contributed by atoms with E-state index in [0.29, 0.717) is 39.5 Å². The van der Waals surface area contributed by atoms with Gasteiger partial charge in [-0.1, -0.05) is 0 Å². The fraction of sp³-hybridized carbons (Fsp3) is 0.455. The van der Waals surface area contributed by atoms with Gasteiger partial charge in [0.1, 0.15) is 0 Å². The molecular weight excluding hydrogens is 392 g/mol. The zero-order valence-corrected chi connectivity index (χ0v) is 17.7. The van der Waals surface area contributed by atoms with E-state index in [1.165, 1.54) is 21.3 Å². The minimum absolute atomic E-state index is 0.0422. The third-order valence-corrected chi connectivity index (χ3v) is 6.11. The van der Waals surface area contributed by atoms with E-state index in [9.17, 15) is 15.3 Å². The molecule has 2 aromatic rings. The van der Waals surface area contributed by atoms with Crippen LogP contribution in [0.15, 0.2) is 12.1 Å². The van der Waals surface area contributed by atoms with Crippen molar-refractivity contribution in [2.24, 2.45) is 0 Å². The molecule has 0 fully saturated rings. The number of rotatable bonds is 3. The van der Waals surface area contributed by atoms with Gasteiger partial charge in [0.25, 0.3) is 0 Å². The summed E-state index contributed by atoms with van der Waals surface area (Å²) >= 11 is 0. The summed E-state index contributed by atoms with van der Waals surface area (Å²) in [5.74, 6) is 1.53. The number of ether oxygens (including phenoxy) is 5. The van der Waals surface area contributed by atoms with Crippen molar-refractivity contribution in [3.8, 4) is 45.6 Å². The van der Waals surface area contributed by atoms with Gasteiger partial charge in [-0.3, -0.25) is 0 Å². The van der Waals surface area contributed by atoms with Gasteiger partial charge in [0.2, 0.25) is 18.3 Å². The minimum atomic E-state index is -1.49. The number of fused-ring (bicyclic) bond motifs is 4. The summed E-state index contributed by atoms with van der Waals surface area (Å²) < 4.78 is 27.8. The highest BCUT2D eigenvalue weighted by Crippen LogP contribution is 2.56. The van der Waals surface area contributed by atoms with Crippen LogP contribution in [-0.2, 0) is 12.8 Å². The maximum absolute atomic E-state index is 11.2. The monoisotopic (exact) mass is 418 g/mol. The Labute approximate surface area is 174 Å². The maximum Gasteiger partial charge on any atom is 0.231 e. The molecule has 0 radical (unpaired) electrons. The Kier molecular flexibility index (Phi) is 4.67. The lowest BCUT2D eigenvalue weighted by molar-refractivity contribution is -0.129. The molecular formula is C22H26O8. The van der Waals surface area contributed by atoms with Crippen LogP contribution in [-0.4, -0.2) is 54.6 Å². The lowest BCUT2D eigenvalue weighted by atomic mass is 9.72. The third kappa shape index (κ3) is 2.82. The first-order valence-electron chi connectivity index (χ1n) is 9.56. The highest BCUT2D eigenvalue weighted by Gasteiger charge is 2.46. The molecule has 1 heterocycles. The van der Waals surface area contributed by atoms with Gasteiger partial charge in [0, 0.05) is 24.0 Å². The van der Waals surface area contributed by atoms with Crippen LogP contribution in [0, 0.1) is 0 Å². The molecule has 0 bridgehead atoms. The molecule has 0 spiro atoms. The largest absolute Gasteiger partial charge is 0.502 e. The van der Waals surface area contributed by atoms with Crippen molar-refractivity contribution >= 4 is 0 Å². The average molecular weight is 418 g/mol. The second-order valence-corrected chi connectivity index (χ2v) is 8.07. The number of aromatic hydroxyl groups is 1. The van der Waals surface area contributed by atoms with Crippen LogP contribution in [0.4, 0.5) is 0 Å². The van der Waals surface area contributed by atoms with Gasteiger partial charge in [-0.25, -0.2) is 0 Å². The molecule has 1 aliphatic heterocycles. The van der Waals surface area contributed by atoms with E-state index in [1.54, 1.807) is 26.0 Å². The molecule has 8 heteroatoms. The number of hydrogen-bond donors (Lipinski definition) is 3. The molecule has 2 aromatic carbocycles. The Morgan fingerprint density at radius 2 is 1.40 bits per heavy atom. The van der Waals surface area contributed by atoms with Crippen molar-refractivity contribution in [2.45, 2.75) is 37.9 Å². The van der Waals surface area contributed by atoms with E-state index in [4.69, 9.17) is 23.7 Å². The predicted molar refractivity (Wildman–Crippen MR) is 108 cm³/mol. The Morgan fingerprint density at radius 3 is 1.97 bits per heavy atom. The van der Waals surface area contributed by atoms with E-state index in [0.717, 1.165) is 0 Å². The summed E-state index contributed by atoms with van der Waals surface area (Å²) in [7, 11) is 4.39. The van der Waals surface area contributed by atoms with Gasteiger partial charge >= 0.3 is 0 Å². The highest BCUT2D eigenvalue weighted by molar-refractivity contribution is 5.88. The predicted octanol–water partition coefficient (Wildman–Crippen LogP) is 2.41. The zero-order valence-electron chi connectivity index (χ0n) is 17.7. The molecule has 0 amide bonds. The number of benzene rings is 2. The molecule has 4 rings (SSSR count). The van der Waals surface area contributed by atoms with Crippen molar-refractivity contribution in [3.05, 3.63) is 23.3 Å². The molecule has 2 atom stereocenters. The Balaban J connectivity index is 2.16. The quantitative estimate of drug-likeness (QED) is 0.698. The van der Waals surface area contributed by atoms with Crippen molar-refractivity contribution < 1.29 is 39.0 Å². The standard InChI is InChI=1S/C22H26O8/c1-21(24)8-11-6-13(26-3)17(23)19(27-4)15(11)16-12(9-22(21,2)25)7-14-18(20(16)28-5)30-10-29-14/h6-7,23-25H,8-10H2,1-5H3/t21-,22-/m0/s1. The van der Waals surface area contributed by atoms with Gasteiger partial charge in [-0.15, -0.1) is 0 Å². The van der Waals surface area contributed by atoms with Gasteiger partial charge < -0.3 is 39.0 Å². The normalized spacial score (nSPS) is 24.4. The van der Waals surface area contributed by atoms with Crippen LogP contribution in [0.1, 0.15) is 25.0 Å². The third-order valence-electron chi connectivity index (χ3n) is 6.11. The molecule has 0 unspecified atom stereocenters. The molecule has 30 heavy (non-hydrogen) atoms. The fourth-order valence-electron chi connectivity index (χ4n) is 4.24. The van der Waals surface area contributed by atoms with Crippen LogP contribution in [0.2, 0.25) is 0 Å². The SMILES string of the molecule is COc1cc2c(c(OC)c1O)-c1c(cc3c(c1OC)OCO3)C[C@](C)(O)[C@@](C)(O)C2. The molecule has 3 N–H and O–H groups in total. The van der Waals surface area contributed by atoms with Gasteiger partial charge in [-0.2, -0.15) is 0 Å². The van der Waals surface area contributed by atoms with Gasteiger partial charge in [-0.05, 0) is 37.1 Å².